The second-order valence-electron chi connectivity index (χ2n) is 9.54. The fraction of sp³-hybridized carbons (Fsp3) is 0.444. The summed E-state index contributed by atoms with van der Waals surface area (Å²) in [6.45, 7) is 10.5. The molecule has 1 saturated heterocycles. The van der Waals surface area contributed by atoms with E-state index < -0.39 is 0 Å². The number of carbonyl (C=O) groups is 2. The molecule has 35 heavy (non-hydrogen) atoms. The van der Waals surface area contributed by atoms with Crippen LogP contribution in [0.1, 0.15) is 40.5 Å². The van der Waals surface area contributed by atoms with E-state index in [-0.39, 0.29) is 36.2 Å². The minimum atomic E-state index is -0.0974. The molecule has 0 saturated carbocycles. The molecule has 1 N–H and O–H groups in total. The summed E-state index contributed by atoms with van der Waals surface area (Å²) in [5.41, 5.74) is 3.70. The predicted molar refractivity (Wildman–Crippen MR) is 144 cm³/mol. The zero-order valence-electron chi connectivity index (χ0n) is 21.0. The fourth-order valence-electron chi connectivity index (χ4n) is 4.76. The lowest BCUT2D eigenvalue weighted by Crippen LogP contribution is -2.43. The molecule has 8 heteroatoms. The lowest BCUT2D eigenvalue weighted by Gasteiger charge is -2.31. The number of aromatic nitrogens is 2. The molecule has 1 aromatic heterocycles. The van der Waals surface area contributed by atoms with Crippen molar-refractivity contribution in [1.29, 1.82) is 0 Å². The molecule has 0 bridgehead atoms. The number of thioether (sulfide) groups is 1. The molecular weight excluding hydrogens is 458 g/mol. The first kappa shape index (κ1) is 25.1. The van der Waals surface area contributed by atoms with Crippen molar-refractivity contribution in [3.63, 3.8) is 0 Å². The van der Waals surface area contributed by atoms with E-state index in [1.807, 2.05) is 73.6 Å². The second kappa shape index (κ2) is 11.2. The van der Waals surface area contributed by atoms with E-state index in [4.69, 9.17) is 4.98 Å². The van der Waals surface area contributed by atoms with Crippen LogP contribution in [0.4, 0.5) is 11.4 Å². The van der Waals surface area contributed by atoms with Crippen LogP contribution in [0.15, 0.2) is 53.7 Å². The van der Waals surface area contributed by atoms with E-state index >= 15 is 0 Å². The number of benzene rings is 2. The van der Waals surface area contributed by atoms with Crippen molar-refractivity contribution in [3.05, 3.63) is 48.5 Å². The van der Waals surface area contributed by atoms with E-state index in [1.54, 1.807) is 0 Å². The van der Waals surface area contributed by atoms with Crippen LogP contribution in [0.2, 0.25) is 0 Å². The molecule has 0 unspecified atom stereocenters. The maximum Gasteiger partial charge on any atom is 0.243 e. The smallest absolute Gasteiger partial charge is 0.243 e. The quantitative estimate of drug-likeness (QED) is 0.424. The highest BCUT2D eigenvalue weighted by molar-refractivity contribution is 7.99. The topological polar surface area (TPSA) is 70.5 Å². The van der Waals surface area contributed by atoms with Gasteiger partial charge in [-0.3, -0.25) is 9.59 Å². The zero-order valence-corrected chi connectivity index (χ0v) is 21.8. The van der Waals surface area contributed by atoms with Crippen LogP contribution < -0.4 is 10.2 Å². The molecule has 0 radical (unpaired) electrons. The van der Waals surface area contributed by atoms with E-state index in [9.17, 15) is 9.59 Å². The lowest BCUT2D eigenvalue weighted by molar-refractivity contribution is -0.135. The Morgan fingerprint density at radius 1 is 1.00 bits per heavy atom. The lowest BCUT2D eigenvalue weighted by atomic mass is 10.2. The Labute approximate surface area is 211 Å². The number of hydrogen-bond donors (Lipinski definition) is 1. The molecule has 1 aliphatic heterocycles. The number of hydrogen-bond acceptors (Lipinski definition) is 5. The van der Waals surface area contributed by atoms with Crippen LogP contribution >= 0.6 is 11.8 Å². The molecule has 0 aliphatic carbocycles. The molecular formula is C27H35N5O2S. The molecule has 7 nitrogen and oxygen atoms in total. The second-order valence-corrected chi connectivity index (χ2v) is 10.5. The normalized spacial score (nSPS) is 13.7. The molecule has 0 atom stereocenters. The monoisotopic (exact) mass is 493 g/mol. The Kier molecular flexibility index (Phi) is 8.00. The number of carbonyl (C=O) groups excluding carboxylic acids is 2. The average Bonchev–Trinajstić information content (AvgIpc) is 3.47. The van der Waals surface area contributed by atoms with E-state index in [1.165, 1.54) is 30.3 Å². The van der Waals surface area contributed by atoms with Crippen molar-refractivity contribution in [1.82, 2.24) is 14.5 Å². The number of nitrogens with one attached hydrogen (secondary N) is 1. The van der Waals surface area contributed by atoms with Crippen molar-refractivity contribution in [2.45, 2.75) is 64.3 Å². The maximum atomic E-state index is 13.2. The summed E-state index contributed by atoms with van der Waals surface area (Å²) in [7, 11) is 0. The van der Waals surface area contributed by atoms with Crippen LogP contribution in [0.3, 0.4) is 0 Å². The molecule has 2 amide bonds. The molecule has 1 fully saturated rings. The predicted octanol–water partition coefficient (Wildman–Crippen LogP) is 5.01. The number of fused-ring (bicyclic) bond motifs is 1. The summed E-state index contributed by atoms with van der Waals surface area (Å²) in [4.78, 5) is 34.9. The highest BCUT2D eigenvalue weighted by atomic mass is 32.2. The third-order valence-electron chi connectivity index (χ3n) is 6.27. The van der Waals surface area contributed by atoms with Crippen LogP contribution in [0.5, 0.6) is 0 Å². The van der Waals surface area contributed by atoms with Crippen LogP contribution in [0.25, 0.3) is 11.0 Å². The van der Waals surface area contributed by atoms with Gasteiger partial charge < -0.3 is 19.7 Å². The van der Waals surface area contributed by atoms with Gasteiger partial charge >= 0.3 is 0 Å². The molecule has 2 heterocycles. The van der Waals surface area contributed by atoms with Crippen molar-refractivity contribution in [2.75, 3.05) is 29.1 Å². The number of para-hydroxylation sites is 2. The van der Waals surface area contributed by atoms with Gasteiger partial charge in [-0.05, 0) is 76.9 Å². The van der Waals surface area contributed by atoms with Gasteiger partial charge in [-0.15, -0.1) is 0 Å². The van der Waals surface area contributed by atoms with Crippen molar-refractivity contribution >= 4 is 46.0 Å². The Hall–Kier alpha value is -3.00. The van der Waals surface area contributed by atoms with Crippen LogP contribution in [-0.2, 0) is 16.1 Å². The standard InChI is InChI=1S/C27H35N5O2S/c1-19(2)32(20(3)4)26(34)17-31-24-10-6-5-9-23(24)29-27(31)35-18-25(33)28-21-11-13-22(14-12-21)30-15-7-8-16-30/h5-6,9-14,19-20H,7-8,15-18H2,1-4H3,(H,28,33). The highest BCUT2D eigenvalue weighted by Crippen LogP contribution is 2.26. The Morgan fingerprint density at radius 3 is 2.31 bits per heavy atom. The first-order chi connectivity index (χ1) is 16.8. The molecule has 1 aliphatic rings. The van der Waals surface area contributed by atoms with Gasteiger partial charge in [0.25, 0.3) is 0 Å². The van der Waals surface area contributed by atoms with Gasteiger partial charge in [-0.2, -0.15) is 0 Å². The highest BCUT2D eigenvalue weighted by Gasteiger charge is 2.23. The number of rotatable bonds is 9. The van der Waals surface area contributed by atoms with Crippen molar-refractivity contribution < 1.29 is 9.59 Å². The van der Waals surface area contributed by atoms with Gasteiger partial charge in [0, 0.05) is 36.5 Å². The van der Waals surface area contributed by atoms with Gasteiger partial charge in [-0.1, -0.05) is 23.9 Å². The number of nitrogens with zero attached hydrogens (tertiary/aromatic N) is 4. The first-order valence-electron chi connectivity index (χ1n) is 12.4. The summed E-state index contributed by atoms with van der Waals surface area (Å²) < 4.78 is 1.93. The van der Waals surface area contributed by atoms with Crippen molar-refractivity contribution in [3.8, 4) is 0 Å². The SMILES string of the molecule is CC(C)N(C(=O)Cn1c(SCC(=O)Nc2ccc(N3CCCC3)cc2)nc2ccccc21)C(C)C. The minimum absolute atomic E-state index is 0.0440. The first-order valence-corrected chi connectivity index (χ1v) is 13.4. The third kappa shape index (κ3) is 5.99. The van der Waals surface area contributed by atoms with Crippen LogP contribution in [-0.4, -0.2) is 57.2 Å². The summed E-state index contributed by atoms with van der Waals surface area (Å²) in [6.07, 6.45) is 2.47. The molecule has 4 rings (SSSR count). The maximum absolute atomic E-state index is 13.2. The number of anilines is 2. The number of amides is 2. The Morgan fingerprint density at radius 2 is 1.66 bits per heavy atom. The summed E-state index contributed by atoms with van der Waals surface area (Å²) in [6, 6.07) is 16.0. The molecule has 2 aromatic carbocycles. The zero-order chi connectivity index (χ0) is 24.9. The van der Waals surface area contributed by atoms with Gasteiger partial charge in [0.2, 0.25) is 11.8 Å². The number of imidazole rings is 1. The van der Waals surface area contributed by atoms with E-state index in [0.29, 0.717) is 5.16 Å². The largest absolute Gasteiger partial charge is 0.372 e. The average molecular weight is 494 g/mol. The fourth-order valence-corrected chi connectivity index (χ4v) is 5.58. The van der Waals surface area contributed by atoms with Crippen LogP contribution in [0, 0.1) is 0 Å². The Balaban J connectivity index is 1.44. The minimum Gasteiger partial charge on any atom is -0.372 e. The van der Waals surface area contributed by atoms with E-state index in [2.05, 4.69) is 22.3 Å². The van der Waals surface area contributed by atoms with Gasteiger partial charge in [-0.25, -0.2) is 4.98 Å². The summed E-state index contributed by atoms with van der Waals surface area (Å²) in [5.74, 6) is 0.158. The van der Waals surface area contributed by atoms with Crippen molar-refractivity contribution in [2.24, 2.45) is 0 Å². The van der Waals surface area contributed by atoms with E-state index in [0.717, 1.165) is 29.8 Å². The van der Waals surface area contributed by atoms with Gasteiger partial charge in [0.05, 0.1) is 16.8 Å². The summed E-state index contributed by atoms with van der Waals surface area (Å²) >= 11 is 1.36. The molecule has 0 spiro atoms. The molecule has 186 valence electrons. The Bertz CT molecular complexity index is 1160. The molecule has 3 aromatic rings. The van der Waals surface area contributed by atoms with Gasteiger partial charge in [0.1, 0.15) is 6.54 Å². The summed E-state index contributed by atoms with van der Waals surface area (Å²) in [5, 5.41) is 3.65. The van der Waals surface area contributed by atoms with Gasteiger partial charge in [0.15, 0.2) is 5.16 Å². The third-order valence-corrected chi connectivity index (χ3v) is 7.24.